The second kappa shape index (κ2) is 6.49. The molecule has 1 saturated heterocycles. The molecule has 0 unspecified atom stereocenters. The number of hydrogen-bond donors (Lipinski definition) is 1. The van der Waals surface area contributed by atoms with E-state index in [0.29, 0.717) is 0 Å². The minimum atomic E-state index is -4.53. The number of benzene rings is 2. The van der Waals surface area contributed by atoms with Gasteiger partial charge in [-0.2, -0.15) is 16.8 Å². The van der Waals surface area contributed by atoms with E-state index in [2.05, 4.69) is 0 Å². The van der Waals surface area contributed by atoms with Crippen LogP contribution in [-0.4, -0.2) is 43.8 Å². The molecule has 1 heterocycles. The van der Waals surface area contributed by atoms with Crippen LogP contribution in [0.3, 0.4) is 0 Å². The van der Waals surface area contributed by atoms with Gasteiger partial charge < -0.3 is 5.11 Å². The highest BCUT2D eigenvalue weighted by molar-refractivity contribution is 7.98. The summed E-state index contributed by atoms with van der Waals surface area (Å²) >= 11 is 0. The van der Waals surface area contributed by atoms with Gasteiger partial charge in [0.25, 0.3) is 0 Å². The third kappa shape index (κ3) is 2.54. The number of carboxylic acids is 1. The van der Waals surface area contributed by atoms with Crippen LogP contribution in [0.2, 0.25) is 0 Å². The summed E-state index contributed by atoms with van der Waals surface area (Å²) in [6.07, 6.45) is 0.141. The van der Waals surface area contributed by atoms with Crippen LogP contribution in [0.15, 0.2) is 70.5 Å². The van der Waals surface area contributed by atoms with Crippen LogP contribution in [0, 0.1) is 0 Å². The maximum absolute atomic E-state index is 13.4. The molecule has 1 N–H and O–H groups in total. The minimum absolute atomic E-state index is 0.0343. The Hall–Kier alpha value is -2.23. The molecule has 2 aromatic rings. The van der Waals surface area contributed by atoms with E-state index < -0.39 is 35.4 Å². The first-order chi connectivity index (χ1) is 12.2. The van der Waals surface area contributed by atoms with Crippen LogP contribution in [0.25, 0.3) is 0 Å². The van der Waals surface area contributed by atoms with E-state index in [1.165, 1.54) is 48.5 Å². The fourth-order valence-electron chi connectivity index (χ4n) is 3.40. The van der Waals surface area contributed by atoms with E-state index >= 15 is 0 Å². The normalized spacial score (nSPS) is 19.9. The number of nitrogens with zero attached hydrogens (tertiary/aromatic N) is 1. The number of aliphatic carboxylic acids is 1. The zero-order valence-corrected chi connectivity index (χ0v) is 15.4. The van der Waals surface area contributed by atoms with Gasteiger partial charge in [-0.25, -0.2) is 4.79 Å². The molecule has 2 aromatic carbocycles. The quantitative estimate of drug-likeness (QED) is 0.773. The molecule has 3 rings (SSSR count). The summed E-state index contributed by atoms with van der Waals surface area (Å²) in [6, 6.07) is 12.7. The van der Waals surface area contributed by atoms with Crippen molar-refractivity contribution in [3.63, 3.8) is 0 Å². The monoisotopic (exact) mass is 396 g/mol. The maximum Gasteiger partial charge on any atom is 0.365 e. The van der Waals surface area contributed by atoms with E-state index in [9.17, 15) is 26.7 Å². The summed E-state index contributed by atoms with van der Waals surface area (Å²) in [6.45, 7) is -0.314. The number of carboxylic acid groups (broad SMARTS) is 1. The molecule has 9 heteroatoms. The lowest BCUT2D eigenvalue weighted by Crippen LogP contribution is -2.61. The number of quaternary nitrogens is 1. The average Bonchev–Trinajstić information content (AvgIpc) is 3.11. The van der Waals surface area contributed by atoms with Gasteiger partial charge >= 0.3 is 26.0 Å². The maximum atomic E-state index is 13.4. The van der Waals surface area contributed by atoms with E-state index in [0.717, 1.165) is 0 Å². The van der Waals surface area contributed by atoms with Crippen LogP contribution in [0.1, 0.15) is 12.8 Å². The molecule has 0 amide bonds. The Labute approximate surface area is 152 Å². The number of sulfonamides is 2. The fourth-order valence-corrected chi connectivity index (χ4v) is 8.46. The van der Waals surface area contributed by atoms with Crippen molar-refractivity contribution in [2.45, 2.75) is 28.7 Å². The van der Waals surface area contributed by atoms with Gasteiger partial charge in [0.1, 0.15) is 16.3 Å². The van der Waals surface area contributed by atoms with Gasteiger partial charge in [-0.05, 0) is 24.3 Å². The van der Waals surface area contributed by atoms with E-state index in [-0.39, 0.29) is 29.2 Å². The third-order valence-electron chi connectivity index (χ3n) is 4.60. The lowest BCUT2D eigenvalue weighted by atomic mass is 10.2. The zero-order valence-electron chi connectivity index (χ0n) is 13.7. The van der Waals surface area contributed by atoms with Crippen molar-refractivity contribution in [1.29, 1.82) is 0 Å². The molecule has 26 heavy (non-hydrogen) atoms. The highest BCUT2D eigenvalue weighted by Gasteiger charge is 2.64. The molecule has 0 saturated carbocycles. The molecule has 0 bridgehead atoms. The predicted octanol–water partition coefficient (Wildman–Crippen LogP) is 1.83. The van der Waals surface area contributed by atoms with Crippen LogP contribution in [0.4, 0.5) is 0 Å². The largest absolute Gasteiger partial charge is 0.477 e. The van der Waals surface area contributed by atoms with Crippen molar-refractivity contribution in [2.75, 3.05) is 6.54 Å². The molecule has 7 nitrogen and oxygen atoms in total. The van der Waals surface area contributed by atoms with Crippen LogP contribution in [0.5, 0.6) is 0 Å². The van der Waals surface area contributed by atoms with Gasteiger partial charge in [0, 0.05) is 12.8 Å². The first kappa shape index (κ1) is 18.6. The van der Waals surface area contributed by atoms with Gasteiger partial charge in [0.2, 0.25) is 6.04 Å². The fraction of sp³-hybridized carbons (Fsp3) is 0.235. The lowest BCUT2D eigenvalue weighted by molar-refractivity contribution is -0.677. The molecule has 0 aromatic heterocycles. The molecule has 138 valence electrons. The number of carbonyl (C=O) groups is 1. The zero-order chi connectivity index (χ0) is 19.0. The molecule has 1 fully saturated rings. The van der Waals surface area contributed by atoms with Crippen molar-refractivity contribution >= 4 is 26.0 Å². The van der Waals surface area contributed by atoms with Crippen LogP contribution in [-0.2, 0) is 24.8 Å². The summed E-state index contributed by atoms with van der Waals surface area (Å²) in [5.41, 5.74) is 0. The molecular formula is C17H18NO6S2+. The van der Waals surface area contributed by atoms with E-state index in [4.69, 9.17) is 0 Å². The highest BCUT2D eigenvalue weighted by atomic mass is 32.3. The first-order valence-corrected chi connectivity index (χ1v) is 10.8. The van der Waals surface area contributed by atoms with Crippen LogP contribution >= 0.6 is 0 Å². The summed E-state index contributed by atoms with van der Waals surface area (Å²) in [5, 5.41) is 9.62. The van der Waals surface area contributed by atoms with Crippen molar-refractivity contribution < 1.29 is 30.0 Å². The Morgan fingerprint density at radius 3 is 1.65 bits per heavy atom. The molecule has 0 radical (unpaired) electrons. The summed E-state index contributed by atoms with van der Waals surface area (Å²) in [5.74, 6) is -1.44. The molecule has 1 aliphatic heterocycles. The average molecular weight is 396 g/mol. The Morgan fingerprint density at radius 1 is 0.846 bits per heavy atom. The van der Waals surface area contributed by atoms with Crippen molar-refractivity contribution in [3.05, 3.63) is 60.7 Å². The standard InChI is InChI=1S/C17H17NO6S2/c19-17(20)16-12-7-13-18(16,25(21,22)14-8-3-1-4-9-14)26(23,24)15-10-5-2-6-11-15/h1-6,8-11,16H,7,12-13H2/p+1/t16-/m0/s1. The highest BCUT2D eigenvalue weighted by Crippen LogP contribution is 2.42. The molecule has 1 aliphatic rings. The van der Waals surface area contributed by atoms with E-state index in [1.54, 1.807) is 12.1 Å². The Morgan fingerprint density at radius 2 is 1.27 bits per heavy atom. The van der Waals surface area contributed by atoms with Gasteiger partial charge in [0.05, 0.1) is 0 Å². The summed E-state index contributed by atoms with van der Waals surface area (Å²) < 4.78 is 52.2. The predicted molar refractivity (Wildman–Crippen MR) is 93.0 cm³/mol. The second-order valence-electron chi connectivity index (χ2n) is 6.02. The van der Waals surface area contributed by atoms with Crippen molar-refractivity contribution in [1.82, 2.24) is 0 Å². The Bertz CT molecular complexity index is 948. The second-order valence-corrected chi connectivity index (χ2v) is 10.4. The first-order valence-electron chi connectivity index (χ1n) is 7.96. The lowest BCUT2D eigenvalue weighted by Gasteiger charge is -2.34. The smallest absolute Gasteiger partial charge is 0.365 e. The van der Waals surface area contributed by atoms with E-state index in [1.807, 2.05) is 0 Å². The topological polar surface area (TPSA) is 106 Å². The third-order valence-corrected chi connectivity index (χ3v) is 10.0. The molecule has 0 spiro atoms. The summed E-state index contributed by atoms with van der Waals surface area (Å²) in [7, 11) is -9.06. The van der Waals surface area contributed by atoms with Gasteiger partial charge in [-0.1, -0.05) is 39.7 Å². The Balaban J connectivity index is 2.35. The molecule has 0 aliphatic carbocycles. The SMILES string of the molecule is O=C(O)[C@@H]1CCC[N+]1(S(=O)(=O)c1ccccc1)S(=O)(=O)c1ccccc1. The van der Waals surface area contributed by atoms with Crippen LogP contribution < -0.4 is 0 Å². The summed E-state index contributed by atoms with van der Waals surface area (Å²) in [4.78, 5) is 11.4. The van der Waals surface area contributed by atoms with Gasteiger partial charge in [-0.15, -0.1) is 0 Å². The number of hydrogen-bond acceptors (Lipinski definition) is 5. The van der Waals surface area contributed by atoms with Crippen molar-refractivity contribution in [3.8, 4) is 0 Å². The number of rotatable bonds is 5. The minimum Gasteiger partial charge on any atom is -0.477 e. The molecular weight excluding hydrogens is 378 g/mol. The molecule has 1 atom stereocenters. The van der Waals surface area contributed by atoms with Crippen molar-refractivity contribution in [2.24, 2.45) is 0 Å². The van der Waals surface area contributed by atoms with Gasteiger partial charge in [-0.3, -0.25) is 0 Å². The Kier molecular flexibility index (Phi) is 4.63. The van der Waals surface area contributed by atoms with Gasteiger partial charge in [0.15, 0.2) is 0 Å².